The molecule has 0 spiro atoms. The van der Waals surface area contributed by atoms with Crippen LogP contribution in [0, 0.1) is 0 Å². The summed E-state index contributed by atoms with van der Waals surface area (Å²) in [6, 6.07) is 12.0. The lowest BCUT2D eigenvalue weighted by Crippen LogP contribution is -2.15. The summed E-state index contributed by atoms with van der Waals surface area (Å²) in [6.07, 6.45) is 2.68. The first kappa shape index (κ1) is 9.77. The van der Waals surface area contributed by atoms with E-state index >= 15 is 0 Å². The van der Waals surface area contributed by atoms with E-state index in [1.54, 1.807) is 11.0 Å². The van der Waals surface area contributed by atoms with Crippen LogP contribution in [-0.2, 0) is 13.0 Å². The fourth-order valence-corrected chi connectivity index (χ4v) is 1.40. The van der Waals surface area contributed by atoms with Crippen LogP contribution in [0.15, 0.2) is 42.6 Å². The third-order valence-corrected chi connectivity index (χ3v) is 2.24. The van der Waals surface area contributed by atoms with Crippen molar-refractivity contribution in [2.24, 2.45) is 0 Å². The van der Waals surface area contributed by atoms with Gasteiger partial charge in [-0.25, -0.2) is 0 Å². The molecule has 0 atom stereocenters. The highest BCUT2D eigenvalue weighted by atomic mass is 16.7. The predicted octanol–water partition coefficient (Wildman–Crippen LogP) is 2.07. The van der Waals surface area contributed by atoms with Gasteiger partial charge < -0.3 is 4.84 Å². The van der Waals surface area contributed by atoms with E-state index in [1.165, 1.54) is 0 Å². The number of hydrogen-bond donors (Lipinski definition) is 0. The van der Waals surface area contributed by atoms with Crippen LogP contribution in [-0.4, -0.2) is 9.94 Å². The lowest BCUT2D eigenvalue weighted by atomic mass is 10.2. The van der Waals surface area contributed by atoms with Gasteiger partial charge >= 0.3 is 0 Å². The van der Waals surface area contributed by atoms with Gasteiger partial charge in [0.2, 0.25) is 0 Å². The molecule has 1 aromatic heterocycles. The fourth-order valence-electron chi connectivity index (χ4n) is 1.40. The SMILES string of the molecule is CCc1ccnn1OCc1ccccc1. The lowest BCUT2D eigenvalue weighted by Gasteiger charge is -2.07. The maximum Gasteiger partial charge on any atom is 0.142 e. The number of aromatic nitrogens is 2. The van der Waals surface area contributed by atoms with Crippen molar-refractivity contribution in [2.75, 3.05) is 0 Å². The van der Waals surface area contributed by atoms with Crippen LogP contribution in [0.2, 0.25) is 0 Å². The van der Waals surface area contributed by atoms with E-state index in [-0.39, 0.29) is 0 Å². The van der Waals surface area contributed by atoms with Gasteiger partial charge in [-0.1, -0.05) is 37.3 Å². The van der Waals surface area contributed by atoms with E-state index in [0.29, 0.717) is 6.61 Å². The van der Waals surface area contributed by atoms with Crippen LogP contribution in [0.5, 0.6) is 0 Å². The molecule has 1 aromatic carbocycles. The Morgan fingerprint density at radius 2 is 2.00 bits per heavy atom. The van der Waals surface area contributed by atoms with Gasteiger partial charge in [0, 0.05) is 0 Å². The third-order valence-electron chi connectivity index (χ3n) is 2.24. The summed E-state index contributed by atoms with van der Waals surface area (Å²) in [5, 5.41) is 4.10. The first-order valence-corrected chi connectivity index (χ1v) is 5.10. The Morgan fingerprint density at radius 1 is 1.20 bits per heavy atom. The summed E-state index contributed by atoms with van der Waals surface area (Å²) in [6.45, 7) is 2.63. The molecular formula is C12H14N2O. The monoisotopic (exact) mass is 202 g/mol. The van der Waals surface area contributed by atoms with E-state index in [2.05, 4.69) is 12.0 Å². The van der Waals surface area contributed by atoms with E-state index in [1.807, 2.05) is 36.4 Å². The smallest absolute Gasteiger partial charge is 0.142 e. The minimum Gasteiger partial charge on any atom is -0.392 e. The number of hydrogen-bond acceptors (Lipinski definition) is 2. The molecule has 0 unspecified atom stereocenters. The van der Waals surface area contributed by atoms with Gasteiger partial charge in [0.25, 0.3) is 0 Å². The second-order valence-corrected chi connectivity index (χ2v) is 3.31. The topological polar surface area (TPSA) is 27.1 Å². The predicted molar refractivity (Wildman–Crippen MR) is 58.3 cm³/mol. The summed E-state index contributed by atoms with van der Waals surface area (Å²) in [5.74, 6) is 0. The molecule has 2 aromatic rings. The van der Waals surface area contributed by atoms with Crippen molar-refractivity contribution in [3.8, 4) is 0 Å². The van der Waals surface area contributed by atoms with Crippen LogP contribution < -0.4 is 4.84 Å². The molecule has 0 radical (unpaired) electrons. The molecular weight excluding hydrogens is 188 g/mol. The summed E-state index contributed by atoms with van der Waals surface area (Å²) in [7, 11) is 0. The largest absolute Gasteiger partial charge is 0.392 e. The van der Waals surface area contributed by atoms with E-state index in [0.717, 1.165) is 17.7 Å². The molecule has 3 heteroatoms. The second kappa shape index (κ2) is 4.64. The van der Waals surface area contributed by atoms with Gasteiger partial charge in [0.05, 0.1) is 11.9 Å². The molecule has 0 aliphatic heterocycles. The van der Waals surface area contributed by atoms with Crippen LogP contribution in [0.1, 0.15) is 18.2 Å². The van der Waals surface area contributed by atoms with Crippen LogP contribution in [0.4, 0.5) is 0 Å². The zero-order chi connectivity index (χ0) is 10.5. The minimum absolute atomic E-state index is 0.551. The molecule has 0 fully saturated rings. The van der Waals surface area contributed by atoms with Crippen molar-refractivity contribution >= 4 is 0 Å². The average Bonchev–Trinajstić information content (AvgIpc) is 2.75. The second-order valence-electron chi connectivity index (χ2n) is 3.31. The Kier molecular flexibility index (Phi) is 3.02. The lowest BCUT2D eigenvalue weighted by molar-refractivity contribution is 0.0642. The number of aryl methyl sites for hydroxylation is 1. The quantitative estimate of drug-likeness (QED) is 0.759. The molecule has 0 bridgehead atoms. The van der Waals surface area contributed by atoms with Gasteiger partial charge in [-0.2, -0.15) is 0 Å². The van der Waals surface area contributed by atoms with Crippen molar-refractivity contribution in [3.63, 3.8) is 0 Å². The molecule has 0 aliphatic rings. The van der Waals surface area contributed by atoms with Crippen molar-refractivity contribution in [1.29, 1.82) is 0 Å². The maximum atomic E-state index is 5.56. The van der Waals surface area contributed by atoms with Crippen LogP contribution in [0.3, 0.4) is 0 Å². The molecule has 2 rings (SSSR count). The van der Waals surface area contributed by atoms with Crippen molar-refractivity contribution < 1.29 is 4.84 Å². The molecule has 3 nitrogen and oxygen atoms in total. The fraction of sp³-hybridized carbons (Fsp3) is 0.250. The van der Waals surface area contributed by atoms with Gasteiger partial charge in [-0.05, 0) is 18.1 Å². The van der Waals surface area contributed by atoms with Gasteiger partial charge in [0.1, 0.15) is 6.61 Å². The molecule has 0 saturated heterocycles. The zero-order valence-corrected chi connectivity index (χ0v) is 8.76. The number of rotatable bonds is 4. The van der Waals surface area contributed by atoms with Gasteiger partial charge in [-0.3, -0.25) is 0 Å². The van der Waals surface area contributed by atoms with Crippen molar-refractivity contribution in [1.82, 2.24) is 9.94 Å². The molecule has 0 saturated carbocycles. The highest BCUT2D eigenvalue weighted by molar-refractivity contribution is 5.13. The summed E-state index contributed by atoms with van der Waals surface area (Å²) in [4.78, 5) is 7.15. The summed E-state index contributed by atoms with van der Waals surface area (Å²) in [5.41, 5.74) is 2.24. The van der Waals surface area contributed by atoms with Crippen LogP contribution in [0.25, 0.3) is 0 Å². The Bertz CT molecular complexity index is 409. The molecule has 78 valence electrons. The van der Waals surface area contributed by atoms with E-state index in [9.17, 15) is 0 Å². The van der Waals surface area contributed by atoms with Gasteiger partial charge in [0.15, 0.2) is 0 Å². The minimum atomic E-state index is 0.551. The first-order chi connectivity index (χ1) is 7.40. The van der Waals surface area contributed by atoms with E-state index < -0.39 is 0 Å². The van der Waals surface area contributed by atoms with Gasteiger partial charge in [-0.15, -0.1) is 9.94 Å². The zero-order valence-electron chi connectivity index (χ0n) is 8.76. The molecule has 1 heterocycles. The Morgan fingerprint density at radius 3 is 2.73 bits per heavy atom. The summed E-state index contributed by atoms with van der Waals surface area (Å²) >= 11 is 0. The third kappa shape index (κ3) is 2.37. The number of nitrogens with zero attached hydrogens (tertiary/aromatic N) is 2. The molecule has 0 N–H and O–H groups in total. The Hall–Kier alpha value is -1.77. The van der Waals surface area contributed by atoms with E-state index in [4.69, 9.17) is 4.84 Å². The average molecular weight is 202 g/mol. The van der Waals surface area contributed by atoms with Crippen LogP contribution >= 0.6 is 0 Å². The maximum absolute atomic E-state index is 5.56. The first-order valence-electron chi connectivity index (χ1n) is 5.10. The number of benzene rings is 1. The molecule has 0 amide bonds. The molecule has 0 aliphatic carbocycles. The standard InChI is InChI=1S/C12H14N2O/c1-2-12-8-9-13-14(12)15-10-11-6-4-3-5-7-11/h3-9H,2,10H2,1H3. The highest BCUT2D eigenvalue weighted by Gasteiger charge is 2.00. The Labute approximate surface area is 89.3 Å². The molecule has 15 heavy (non-hydrogen) atoms. The van der Waals surface area contributed by atoms with Crippen molar-refractivity contribution in [2.45, 2.75) is 20.0 Å². The Balaban J connectivity index is 1.99. The normalized spacial score (nSPS) is 10.2. The highest BCUT2D eigenvalue weighted by Crippen LogP contribution is 2.01. The van der Waals surface area contributed by atoms with Crippen molar-refractivity contribution in [3.05, 3.63) is 53.9 Å². The summed E-state index contributed by atoms with van der Waals surface area (Å²) < 4.78 is 0.